The van der Waals surface area contributed by atoms with Crippen LogP contribution in [0.1, 0.15) is 0 Å². The van der Waals surface area contributed by atoms with Gasteiger partial charge in [0.15, 0.2) is 18.2 Å². The second-order valence-electron chi connectivity index (χ2n) is 6.44. The molecule has 2 aromatic carbocycles. The number of rotatable bonds is 8. The summed E-state index contributed by atoms with van der Waals surface area (Å²) < 4.78 is 95.4. The summed E-state index contributed by atoms with van der Waals surface area (Å²) in [6.45, 7) is -1.60. The number of aromatic nitrogens is 2. The Morgan fingerprint density at radius 2 is 1.64 bits per heavy atom. The number of hydrogen-bond acceptors (Lipinski definition) is 7. The second-order valence-corrected chi connectivity index (χ2v) is 8.32. The van der Waals surface area contributed by atoms with Gasteiger partial charge in [-0.1, -0.05) is 0 Å². The van der Waals surface area contributed by atoms with Crippen molar-refractivity contribution >= 4 is 33.0 Å². The van der Waals surface area contributed by atoms with Gasteiger partial charge in [0, 0.05) is 17.8 Å². The van der Waals surface area contributed by atoms with Crippen molar-refractivity contribution in [2.75, 3.05) is 24.3 Å². The Kier molecular flexibility index (Phi) is 6.98. The monoisotopic (exact) mass is 489 g/mol. The summed E-state index contributed by atoms with van der Waals surface area (Å²) in [5.74, 6) is -2.22. The molecule has 0 aliphatic carbocycles. The molecule has 0 atom stereocenters. The average molecular weight is 489 g/mol. The number of benzene rings is 2. The molecule has 176 valence electrons. The molecule has 0 radical (unpaired) electrons. The molecule has 1 aromatic heterocycles. The van der Waals surface area contributed by atoms with Crippen LogP contribution in [0.3, 0.4) is 0 Å². The molecule has 0 amide bonds. The van der Waals surface area contributed by atoms with Crippen molar-refractivity contribution in [3.8, 4) is 5.75 Å². The average Bonchev–Trinajstić information content (AvgIpc) is 2.75. The lowest BCUT2D eigenvalue weighted by molar-refractivity contribution is -0.153. The first-order valence-electron chi connectivity index (χ1n) is 9.05. The zero-order chi connectivity index (χ0) is 24.2. The molecule has 0 saturated heterocycles. The van der Waals surface area contributed by atoms with Gasteiger partial charge in [0.05, 0.1) is 10.6 Å². The van der Waals surface area contributed by atoms with Crippen LogP contribution in [-0.2, 0) is 10.0 Å². The minimum Gasteiger partial charge on any atom is -0.482 e. The van der Waals surface area contributed by atoms with E-state index in [9.17, 15) is 30.4 Å². The van der Waals surface area contributed by atoms with E-state index in [1.165, 1.54) is 19.2 Å². The molecular formula is C19H16F5N5O3S. The lowest BCUT2D eigenvalue weighted by atomic mass is 10.3. The van der Waals surface area contributed by atoms with E-state index in [4.69, 9.17) is 4.74 Å². The Bertz CT molecular complexity index is 1250. The summed E-state index contributed by atoms with van der Waals surface area (Å²) in [5, 5.41) is 5.40. The molecule has 0 aliphatic heterocycles. The Balaban J connectivity index is 1.90. The number of ether oxygens (including phenoxy) is 1. The van der Waals surface area contributed by atoms with E-state index in [-0.39, 0.29) is 33.7 Å². The second kappa shape index (κ2) is 9.54. The van der Waals surface area contributed by atoms with Gasteiger partial charge < -0.3 is 15.4 Å². The van der Waals surface area contributed by atoms with Crippen LogP contribution in [0.2, 0.25) is 0 Å². The summed E-state index contributed by atoms with van der Waals surface area (Å²) in [6, 6.07) is 7.62. The molecule has 8 nitrogen and oxygen atoms in total. The zero-order valence-corrected chi connectivity index (χ0v) is 17.6. The van der Waals surface area contributed by atoms with Crippen molar-refractivity contribution in [2.45, 2.75) is 11.1 Å². The first-order valence-corrected chi connectivity index (χ1v) is 10.5. The molecular weight excluding hydrogens is 473 g/mol. The molecule has 0 aliphatic rings. The quantitative estimate of drug-likeness (QED) is 0.410. The van der Waals surface area contributed by atoms with Gasteiger partial charge >= 0.3 is 6.18 Å². The van der Waals surface area contributed by atoms with E-state index in [1.807, 2.05) is 0 Å². The van der Waals surface area contributed by atoms with Crippen molar-refractivity contribution in [2.24, 2.45) is 0 Å². The third-order valence-corrected chi connectivity index (χ3v) is 5.46. The molecule has 0 spiro atoms. The predicted molar refractivity (Wildman–Crippen MR) is 109 cm³/mol. The van der Waals surface area contributed by atoms with Crippen molar-refractivity contribution in [1.82, 2.24) is 14.7 Å². The smallest absolute Gasteiger partial charge is 0.422 e. The van der Waals surface area contributed by atoms with Crippen LogP contribution in [0.4, 0.5) is 45.0 Å². The number of sulfonamides is 1. The van der Waals surface area contributed by atoms with Gasteiger partial charge in [0.1, 0.15) is 23.7 Å². The minimum atomic E-state index is -4.62. The van der Waals surface area contributed by atoms with E-state index in [0.29, 0.717) is 0 Å². The van der Waals surface area contributed by atoms with Crippen LogP contribution >= 0.6 is 0 Å². The first-order chi connectivity index (χ1) is 15.5. The van der Waals surface area contributed by atoms with Gasteiger partial charge in [-0.3, -0.25) is 0 Å². The number of alkyl halides is 3. The van der Waals surface area contributed by atoms with E-state index >= 15 is 0 Å². The maximum Gasteiger partial charge on any atom is 0.422 e. The van der Waals surface area contributed by atoms with Gasteiger partial charge in [-0.25, -0.2) is 31.9 Å². The summed E-state index contributed by atoms with van der Waals surface area (Å²) in [7, 11) is -2.73. The summed E-state index contributed by atoms with van der Waals surface area (Å²) in [4.78, 5) is 7.62. The number of nitrogens with zero attached hydrogens (tertiary/aromatic N) is 2. The predicted octanol–water partition coefficient (Wildman–Crippen LogP) is 4.09. The van der Waals surface area contributed by atoms with Crippen LogP contribution in [-0.4, -0.2) is 38.2 Å². The fraction of sp³-hybridized carbons (Fsp3) is 0.158. The van der Waals surface area contributed by atoms with Crippen molar-refractivity contribution < 1.29 is 35.1 Å². The molecule has 33 heavy (non-hydrogen) atoms. The van der Waals surface area contributed by atoms with Gasteiger partial charge in [-0.05, 0) is 37.4 Å². The minimum absolute atomic E-state index is 0.0472. The highest BCUT2D eigenvalue weighted by molar-refractivity contribution is 7.89. The lowest BCUT2D eigenvalue weighted by Gasteiger charge is -2.16. The molecule has 3 rings (SSSR count). The maximum absolute atomic E-state index is 13.4. The molecule has 0 bridgehead atoms. The Morgan fingerprint density at radius 3 is 2.27 bits per heavy atom. The Hall–Kier alpha value is -3.52. The largest absolute Gasteiger partial charge is 0.482 e. The standard InChI is InChI=1S/C19H16F5N5O3S/c1-25-33(30,31)12-3-5-16(32-9-19(22,23)24)15(7-12)29-18-8-17(26-10-27-18)28-11-2-4-13(20)14(21)6-11/h2-8,10,25H,9H2,1H3,(H2,26,27,28,29). The summed E-state index contributed by atoms with van der Waals surface area (Å²) in [6.07, 6.45) is -3.53. The summed E-state index contributed by atoms with van der Waals surface area (Å²) in [5.41, 5.74) is 0.0583. The highest BCUT2D eigenvalue weighted by Gasteiger charge is 2.29. The van der Waals surface area contributed by atoms with E-state index in [0.717, 1.165) is 36.7 Å². The van der Waals surface area contributed by atoms with Crippen molar-refractivity contribution in [1.29, 1.82) is 0 Å². The van der Waals surface area contributed by atoms with Gasteiger partial charge in [0.25, 0.3) is 0 Å². The fourth-order valence-electron chi connectivity index (χ4n) is 2.53. The molecule has 0 fully saturated rings. The van der Waals surface area contributed by atoms with Crippen LogP contribution in [0, 0.1) is 11.6 Å². The highest BCUT2D eigenvalue weighted by atomic mass is 32.2. The summed E-state index contributed by atoms with van der Waals surface area (Å²) >= 11 is 0. The van der Waals surface area contributed by atoms with Gasteiger partial charge in [-0.15, -0.1) is 0 Å². The van der Waals surface area contributed by atoms with Crippen molar-refractivity contribution in [3.05, 3.63) is 60.4 Å². The normalized spacial score (nSPS) is 11.8. The number of nitrogens with one attached hydrogen (secondary N) is 3. The Labute approximate surface area is 184 Å². The SMILES string of the molecule is CNS(=O)(=O)c1ccc(OCC(F)(F)F)c(Nc2cc(Nc3ccc(F)c(F)c3)ncn2)c1. The topological polar surface area (TPSA) is 105 Å². The van der Waals surface area contributed by atoms with E-state index in [1.54, 1.807) is 0 Å². The fourth-order valence-corrected chi connectivity index (χ4v) is 3.29. The molecule has 14 heteroatoms. The van der Waals surface area contributed by atoms with Crippen molar-refractivity contribution in [3.63, 3.8) is 0 Å². The molecule has 0 unspecified atom stereocenters. The van der Waals surface area contributed by atoms with E-state index < -0.39 is 34.4 Å². The van der Waals surface area contributed by atoms with Crippen LogP contribution in [0.15, 0.2) is 53.7 Å². The maximum atomic E-state index is 13.4. The van der Waals surface area contributed by atoms with E-state index in [2.05, 4.69) is 25.3 Å². The number of hydrogen-bond donors (Lipinski definition) is 3. The first kappa shape index (κ1) is 24.1. The van der Waals surface area contributed by atoms with Crippen LogP contribution < -0.4 is 20.1 Å². The molecule has 1 heterocycles. The zero-order valence-electron chi connectivity index (χ0n) is 16.7. The molecule has 3 N–H and O–H groups in total. The van der Waals surface area contributed by atoms with Gasteiger partial charge in [0.2, 0.25) is 10.0 Å². The Morgan fingerprint density at radius 1 is 0.939 bits per heavy atom. The molecule has 0 saturated carbocycles. The highest BCUT2D eigenvalue weighted by Crippen LogP contribution is 2.32. The third kappa shape index (κ3) is 6.49. The molecule has 3 aromatic rings. The number of halogens is 5. The van der Waals surface area contributed by atoms with Crippen LogP contribution in [0.25, 0.3) is 0 Å². The number of anilines is 4. The lowest BCUT2D eigenvalue weighted by Crippen LogP contribution is -2.20. The van der Waals surface area contributed by atoms with Crippen LogP contribution in [0.5, 0.6) is 5.75 Å². The third-order valence-electron chi connectivity index (χ3n) is 4.04. The van der Waals surface area contributed by atoms with Gasteiger partial charge in [-0.2, -0.15) is 13.2 Å².